The third-order valence-electron chi connectivity index (χ3n) is 7.30. The van der Waals surface area contributed by atoms with Gasteiger partial charge in [-0.15, -0.1) is 0 Å². The second-order valence-electron chi connectivity index (χ2n) is 10.5. The topological polar surface area (TPSA) is 100 Å². The minimum absolute atomic E-state index is 0.0420. The molecule has 11 heteroatoms. The maximum atomic E-state index is 15.6. The number of amides is 1. The van der Waals surface area contributed by atoms with Crippen LogP contribution in [0.1, 0.15) is 40.7 Å². The molecular weight excluding hydrogens is 552 g/mol. The summed E-state index contributed by atoms with van der Waals surface area (Å²) in [5, 5.41) is 2.97. The van der Waals surface area contributed by atoms with E-state index in [1.807, 2.05) is 19.9 Å². The molecule has 8 nitrogen and oxygen atoms in total. The van der Waals surface area contributed by atoms with Gasteiger partial charge in [-0.3, -0.25) is 14.5 Å². The summed E-state index contributed by atoms with van der Waals surface area (Å²) in [6.07, 6.45) is 4.67. The molecule has 5 rings (SSSR count). The van der Waals surface area contributed by atoms with Gasteiger partial charge < -0.3 is 15.0 Å². The number of halogens is 3. The molecule has 1 aliphatic heterocycles. The Hall–Kier alpha value is -3.89. The van der Waals surface area contributed by atoms with Gasteiger partial charge in [-0.05, 0) is 64.0 Å². The first-order chi connectivity index (χ1) is 19.5. The molecule has 4 aromatic rings. The molecule has 1 unspecified atom stereocenters. The van der Waals surface area contributed by atoms with E-state index in [4.69, 9.17) is 16.3 Å². The van der Waals surface area contributed by atoms with Crippen molar-refractivity contribution in [3.63, 3.8) is 0 Å². The van der Waals surface area contributed by atoms with Gasteiger partial charge in [0.2, 0.25) is 0 Å². The van der Waals surface area contributed by atoms with Crippen molar-refractivity contribution in [3.8, 4) is 16.9 Å². The van der Waals surface area contributed by atoms with Gasteiger partial charge in [0.25, 0.3) is 17.4 Å². The lowest BCUT2D eigenvalue weighted by Crippen LogP contribution is -2.51. The van der Waals surface area contributed by atoms with E-state index in [0.29, 0.717) is 24.9 Å². The van der Waals surface area contributed by atoms with Crippen LogP contribution in [-0.2, 0) is 0 Å². The van der Waals surface area contributed by atoms with Gasteiger partial charge in [0.15, 0.2) is 6.61 Å². The number of nitrogens with one attached hydrogen (secondary N) is 2. The number of rotatable bonds is 7. The first-order valence-corrected chi connectivity index (χ1v) is 13.7. The maximum Gasteiger partial charge on any atom is 0.296 e. The second kappa shape index (κ2) is 11.5. The molecule has 0 bridgehead atoms. The lowest BCUT2D eigenvalue weighted by Gasteiger charge is -2.37. The lowest BCUT2D eigenvalue weighted by molar-refractivity contribution is -0.112. The largest absolute Gasteiger partial charge is 0.486 e. The minimum atomic E-state index is -3.19. The summed E-state index contributed by atoms with van der Waals surface area (Å²) in [7, 11) is 1.69. The molecule has 1 amide bonds. The summed E-state index contributed by atoms with van der Waals surface area (Å²) in [5.41, 5.74) is 2.17. The van der Waals surface area contributed by atoms with Crippen molar-refractivity contribution in [3.05, 3.63) is 81.0 Å². The van der Waals surface area contributed by atoms with Crippen LogP contribution >= 0.6 is 11.6 Å². The SMILES string of the molecule is Cc1cc(C)cc(-c2c(OCC(F)(F)C3CCCCN3C)c3cc(C(=O)Nc4ccncn4)c(Cl)cc3[nH]c2=O)c1. The zero-order valence-electron chi connectivity index (χ0n) is 22.9. The number of anilines is 1. The number of ether oxygens (including phenoxy) is 1. The van der Waals surface area contributed by atoms with E-state index in [1.165, 1.54) is 30.7 Å². The minimum Gasteiger partial charge on any atom is -0.486 e. The van der Waals surface area contributed by atoms with Crippen LogP contribution < -0.4 is 15.6 Å². The molecule has 3 heterocycles. The molecule has 0 spiro atoms. The van der Waals surface area contributed by atoms with Crippen LogP contribution in [0.3, 0.4) is 0 Å². The average Bonchev–Trinajstić information content (AvgIpc) is 2.91. The summed E-state index contributed by atoms with van der Waals surface area (Å²) >= 11 is 6.45. The van der Waals surface area contributed by atoms with Crippen LogP contribution in [0.2, 0.25) is 5.02 Å². The smallest absolute Gasteiger partial charge is 0.296 e. The van der Waals surface area contributed by atoms with Crippen LogP contribution in [0.4, 0.5) is 14.6 Å². The fraction of sp³-hybridized carbons (Fsp3) is 0.333. The van der Waals surface area contributed by atoms with Crippen molar-refractivity contribution in [2.75, 3.05) is 25.5 Å². The molecule has 0 radical (unpaired) electrons. The summed E-state index contributed by atoms with van der Waals surface area (Å²) in [6.45, 7) is 3.40. The van der Waals surface area contributed by atoms with Crippen molar-refractivity contribution in [2.24, 2.45) is 0 Å². The monoisotopic (exact) mass is 581 g/mol. The van der Waals surface area contributed by atoms with Crippen molar-refractivity contribution in [1.82, 2.24) is 19.9 Å². The van der Waals surface area contributed by atoms with E-state index in [2.05, 4.69) is 20.3 Å². The summed E-state index contributed by atoms with van der Waals surface area (Å²) in [4.78, 5) is 38.9. The molecule has 2 aromatic carbocycles. The van der Waals surface area contributed by atoms with Crippen LogP contribution in [0, 0.1) is 13.8 Å². The number of carbonyl (C=O) groups excluding carboxylic acids is 1. The molecule has 0 saturated carbocycles. The number of hydrogen-bond acceptors (Lipinski definition) is 6. The highest BCUT2D eigenvalue weighted by Crippen LogP contribution is 2.38. The highest BCUT2D eigenvalue weighted by atomic mass is 35.5. The van der Waals surface area contributed by atoms with Crippen LogP contribution in [0.25, 0.3) is 22.0 Å². The number of nitrogens with zero attached hydrogens (tertiary/aromatic N) is 3. The summed E-state index contributed by atoms with van der Waals surface area (Å²) < 4.78 is 37.1. The van der Waals surface area contributed by atoms with E-state index in [-0.39, 0.29) is 38.6 Å². The van der Waals surface area contributed by atoms with Crippen molar-refractivity contribution in [1.29, 1.82) is 0 Å². The number of hydrogen-bond donors (Lipinski definition) is 2. The first-order valence-electron chi connectivity index (χ1n) is 13.3. The number of aromatic nitrogens is 3. The number of carbonyl (C=O) groups is 1. The van der Waals surface area contributed by atoms with Gasteiger partial charge >= 0.3 is 0 Å². The van der Waals surface area contributed by atoms with Crippen molar-refractivity contribution in [2.45, 2.75) is 45.1 Å². The van der Waals surface area contributed by atoms with E-state index in [1.54, 1.807) is 24.1 Å². The average molecular weight is 582 g/mol. The van der Waals surface area contributed by atoms with E-state index in [9.17, 15) is 9.59 Å². The maximum absolute atomic E-state index is 15.6. The number of pyridine rings is 1. The highest BCUT2D eigenvalue weighted by Gasteiger charge is 2.44. The number of piperidine rings is 1. The molecular formula is C30H30ClF2N5O3. The molecule has 2 N–H and O–H groups in total. The van der Waals surface area contributed by atoms with Crippen LogP contribution in [-0.4, -0.2) is 57.9 Å². The number of H-pyrrole nitrogens is 1. The number of alkyl halides is 2. The molecule has 1 atom stereocenters. The predicted octanol–water partition coefficient (Wildman–Crippen LogP) is 6.01. The van der Waals surface area contributed by atoms with E-state index < -0.39 is 30.0 Å². The summed E-state index contributed by atoms with van der Waals surface area (Å²) in [6, 6.07) is 8.92. The molecule has 2 aromatic heterocycles. The highest BCUT2D eigenvalue weighted by molar-refractivity contribution is 6.35. The van der Waals surface area contributed by atoms with Gasteiger partial charge in [-0.2, -0.15) is 0 Å². The van der Waals surface area contributed by atoms with E-state index in [0.717, 1.165) is 17.5 Å². The standard InChI is InChI=1S/C30H30ClF2N5O3/c1-17-10-18(2)12-19(11-17)26-27(41-15-30(32,33)24-6-4-5-9-38(24)3)21-13-20(22(31)14-23(21)36-29(26)40)28(39)37-25-7-8-34-16-35-25/h7-8,10-14,16,24H,4-6,9,15H2,1-3H3,(H,36,40)(H,34,35,37,39). The van der Waals surface area contributed by atoms with E-state index >= 15 is 8.78 Å². The van der Waals surface area contributed by atoms with Gasteiger partial charge in [0, 0.05) is 11.6 Å². The quantitative estimate of drug-likeness (QED) is 0.277. The second-order valence-corrected chi connectivity index (χ2v) is 10.9. The Morgan fingerprint density at radius 2 is 1.95 bits per heavy atom. The van der Waals surface area contributed by atoms with Gasteiger partial charge in [0.1, 0.15) is 17.9 Å². The Balaban J connectivity index is 1.64. The Labute approximate surface area is 240 Å². The molecule has 1 aliphatic rings. The zero-order valence-corrected chi connectivity index (χ0v) is 23.7. The van der Waals surface area contributed by atoms with Gasteiger partial charge in [-0.1, -0.05) is 47.3 Å². The fourth-order valence-corrected chi connectivity index (χ4v) is 5.66. The number of fused-ring (bicyclic) bond motifs is 1. The predicted molar refractivity (Wildman–Crippen MR) is 155 cm³/mol. The van der Waals surface area contributed by atoms with Crippen LogP contribution in [0.5, 0.6) is 5.75 Å². The number of aromatic amines is 1. The molecule has 1 fully saturated rings. The number of benzene rings is 2. The van der Waals surface area contributed by atoms with Gasteiger partial charge in [0.05, 0.1) is 27.7 Å². The normalized spacial score (nSPS) is 16.1. The van der Waals surface area contributed by atoms with Crippen molar-refractivity contribution >= 4 is 34.2 Å². The molecule has 41 heavy (non-hydrogen) atoms. The lowest BCUT2D eigenvalue weighted by atomic mass is 9.97. The summed E-state index contributed by atoms with van der Waals surface area (Å²) in [5.74, 6) is -3.55. The third kappa shape index (κ3) is 6.08. The van der Waals surface area contributed by atoms with Gasteiger partial charge in [-0.25, -0.2) is 18.7 Å². The molecule has 214 valence electrons. The first kappa shape index (κ1) is 28.6. The zero-order chi connectivity index (χ0) is 29.3. The Morgan fingerprint density at radius 1 is 1.20 bits per heavy atom. The van der Waals surface area contributed by atoms with Crippen LogP contribution in [0.15, 0.2) is 53.7 Å². The fourth-order valence-electron chi connectivity index (χ4n) is 5.41. The molecule has 0 aliphatic carbocycles. The third-order valence-corrected chi connectivity index (χ3v) is 7.61. The Morgan fingerprint density at radius 3 is 2.63 bits per heavy atom. The number of likely N-dealkylation sites (tertiary alicyclic amines) is 1. The molecule has 1 saturated heterocycles. The Kier molecular flexibility index (Phi) is 8.06. The Bertz CT molecular complexity index is 1640. The van der Waals surface area contributed by atoms with Crippen molar-refractivity contribution < 1.29 is 18.3 Å². The number of aryl methyl sites for hydroxylation is 2.